The van der Waals surface area contributed by atoms with E-state index in [0.29, 0.717) is 6.42 Å². The summed E-state index contributed by atoms with van der Waals surface area (Å²) >= 11 is 0. The molecule has 0 amide bonds. The molecule has 0 saturated carbocycles. The second-order valence-corrected chi connectivity index (χ2v) is 5.81. The van der Waals surface area contributed by atoms with Crippen LogP contribution in [0.3, 0.4) is 0 Å². The van der Waals surface area contributed by atoms with Gasteiger partial charge in [-0.2, -0.15) is 0 Å². The Kier molecular flexibility index (Phi) is 3.40. The average molecular weight is 259 g/mol. The Balaban J connectivity index is 2.52. The van der Waals surface area contributed by atoms with Crippen LogP contribution in [0.15, 0.2) is 24.3 Å². The molecule has 0 aliphatic carbocycles. The average Bonchev–Trinajstić information content (AvgIpc) is 2.64. The molecule has 0 atom stereocenters. The zero-order valence-electron chi connectivity index (χ0n) is 12.0. The van der Waals surface area contributed by atoms with Crippen molar-refractivity contribution in [3.63, 3.8) is 0 Å². The smallest absolute Gasteiger partial charge is 0.309 e. The van der Waals surface area contributed by atoms with E-state index in [9.17, 15) is 9.90 Å². The van der Waals surface area contributed by atoms with Crippen molar-refractivity contribution >= 4 is 16.9 Å². The van der Waals surface area contributed by atoms with E-state index in [2.05, 4.69) is 42.7 Å². The van der Waals surface area contributed by atoms with Crippen molar-refractivity contribution in [1.29, 1.82) is 0 Å². The van der Waals surface area contributed by atoms with Gasteiger partial charge in [0.05, 0.1) is 5.41 Å². The van der Waals surface area contributed by atoms with Crippen molar-refractivity contribution in [1.82, 2.24) is 4.57 Å². The van der Waals surface area contributed by atoms with Gasteiger partial charge in [0.15, 0.2) is 0 Å². The van der Waals surface area contributed by atoms with E-state index in [4.69, 9.17) is 0 Å². The summed E-state index contributed by atoms with van der Waals surface area (Å²) in [7, 11) is 0. The normalized spacial score (nSPS) is 12.0. The van der Waals surface area contributed by atoms with E-state index >= 15 is 0 Å². The van der Waals surface area contributed by atoms with Crippen LogP contribution < -0.4 is 0 Å². The standard InChI is InChI=1S/C16H21NO2/c1-5-17-13(10-16(3,4)15(18)19)9-12-7-6-11(2)8-14(12)17/h6-9H,5,10H2,1-4H3,(H,18,19). The van der Waals surface area contributed by atoms with Crippen molar-refractivity contribution < 1.29 is 9.90 Å². The number of benzene rings is 1. The van der Waals surface area contributed by atoms with E-state index in [1.165, 1.54) is 16.5 Å². The van der Waals surface area contributed by atoms with Crippen LogP contribution >= 0.6 is 0 Å². The summed E-state index contributed by atoms with van der Waals surface area (Å²) < 4.78 is 2.22. The molecule has 1 N–H and O–H groups in total. The van der Waals surface area contributed by atoms with Crippen molar-refractivity contribution in [2.75, 3.05) is 0 Å². The van der Waals surface area contributed by atoms with Gasteiger partial charge in [0.2, 0.25) is 0 Å². The maximum atomic E-state index is 11.3. The topological polar surface area (TPSA) is 42.2 Å². The SMILES string of the molecule is CCn1c(CC(C)(C)C(=O)O)cc2ccc(C)cc21. The fourth-order valence-electron chi connectivity index (χ4n) is 2.47. The number of rotatable bonds is 4. The maximum Gasteiger partial charge on any atom is 0.309 e. The molecule has 0 aliphatic heterocycles. The van der Waals surface area contributed by atoms with E-state index in [1.54, 1.807) is 13.8 Å². The fraction of sp³-hybridized carbons (Fsp3) is 0.438. The Labute approximate surface area is 113 Å². The first kappa shape index (κ1) is 13.7. The minimum atomic E-state index is -0.753. The molecule has 2 aromatic rings. The lowest BCUT2D eigenvalue weighted by Crippen LogP contribution is -2.27. The van der Waals surface area contributed by atoms with Gasteiger partial charge in [0.25, 0.3) is 0 Å². The van der Waals surface area contributed by atoms with Crippen LogP contribution in [0.2, 0.25) is 0 Å². The third-order valence-corrected chi connectivity index (χ3v) is 3.66. The van der Waals surface area contributed by atoms with Gasteiger partial charge in [-0.05, 0) is 50.8 Å². The minimum Gasteiger partial charge on any atom is -0.481 e. The number of carboxylic acid groups (broad SMARTS) is 1. The van der Waals surface area contributed by atoms with E-state index in [-0.39, 0.29) is 0 Å². The number of aryl methyl sites for hydroxylation is 2. The molecule has 19 heavy (non-hydrogen) atoms. The number of carboxylic acids is 1. The molecule has 1 aromatic carbocycles. The summed E-state index contributed by atoms with van der Waals surface area (Å²) in [6, 6.07) is 8.47. The zero-order valence-corrected chi connectivity index (χ0v) is 12.0. The minimum absolute atomic E-state index is 0.546. The highest BCUT2D eigenvalue weighted by Crippen LogP contribution is 2.27. The van der Waals surface area contributed by atoms with Crippen molar-refractivity contribution in [3.8, 4) is 0 Å². The van der Waals surface area contributed by atoms with Crippen LogP contribution in [0.5, 0.6) is 0 Å². The first-order chi connectivity index (χ1) is 8.85. The number of fused-ring (bicyclic) bond motifs is 1. The summed E-state index contributed by atoms with van der Waals surface area (Å²) in [5, 5.41) is 10.5. The lowest BCUT2D eigenvalue weighted by Gasteiger charge is -2.20. The highest BCUT2D eigenvalue weighted by atomic mass is 16.4. The number of nitrogens with zero attached hydrogens (tertiary/aromatic N) is 1. The van der Waals surface area contributed by atoms with Crippen LogP contribution in [0.25, 0.3) is 10.9 Å². The van der Waals surface area contributed by atoms with Crippen LogP contribution in [0, 0.1) is 12.3 Å². The Hall–Kier alpha value is -1.77. The molecule has 0 aliphatic rings. The summed E-state index contributed by atoms with van der Waals surface area (Å²) in [6.45, 7) is 8.58. The maximum absolute atomic E-state index is 11.3. The highest BCUT2D eigenvalue weighted by molar-refractivity contribution is 5.82. The van der Waals surface area contributed by atoms with Gasteiger partial charge >= 0.3 is 5.97 Å². The van der Waals surface area contributed by atoms with Crippen LogP contribution in [-0.2, 0) is 17.8 Å². The van der Waals surface area contributed by atoms with Gasteiger partial charge in [-0.25, -0.2) is 0 Å². The second-order valence-electron chi connectivity index (χ2n) is 5.81. The number of hydrogen-bond donors (Lipinski definition) is 1. The number of hydrogen-bond acceptors (Lipinski definition) is 1. The summed E-state index contributed by atoms with van der Waals surface area (Å²) in [6.07, 6.45) is 0.546. The molecule has 1 heterocycles. The summed E-state index contributed by atoms with van der Waals surface area (Å²) in [5.74, 6) is -0.753. The predicted molar refractivity (Wildman–Crippen MR) is 77.5 cm³/mol. The molecular formula is C16H21NO2. The molecule has 0 unspecified atom stereocenters. The highest BCUT2D eigenvalue weighted by Gasteiger charge is 2.29. The third kappa shape index (κ3) is 2.50. The van der Waals surface area contributed by atoms with Gasteiger partial charge < -0.3 is 9.67 Å². The van der Waals surface area contributed by atoms with Crippen LogP contribution in [0.4, 0.5) is 0 Å². The Morgan fingerprint density at radius 1 is 1.32 bits per heavy atom. The Morgan fingerprint density at radius 3 is 2.58 bits per heavy atom. The molecule has 3 heteroatoms. The quantitative estimate of drug-likeness (QED) is 0.911. The van der Waals surface area contributed by atoms with Crippen molar-refractivity contribution in [2.45, 2.75) is 40.7 Å². The zero-order chi connectivity index (χ0) is 14.2. The molecular weight excluding hydrogens is 238 g/mol. The molecule has 0 bridgehead atoms. The molecule has 1 aromatic heterocycles. The van der Waals surface area contributed by atoms with Gasteiger partial charge in [-0.15, -0.1) is 0 Å². The van der Waals surface area contributed by atoms with Gasteiger partial charge in [0.1, 0.15) is 0 Å². The number of aromatic nitrogens is 1. The number of carbonyl (C=O) groups is 1. The Bertz CT molecular complexity index is 623. The van der Waals surface area contributed by atoms with Gasteiger partial charge in [-0.3, -0.25) is 4.79 Å². The van der Waals surface area contributed by atoms with Crippen LogP contribution in [0.1, 0.15) is 32.0 Å². The fourth-order valence-corrected chi connectivity index (χ4v) is 2.47. The number of aliphatic carboxylic acids is 1. The summed E-state index contributed by atoms with van der Waals surface area (Å²) in [4.78, 5) is 11.3. The lowest BCUT2D eigenvalue weighted by atomic mass is 9.88. The molecule has 102 valence electrons. The summed E-state index contributed by atoms with van der Waals surface area (Å²) in [5.41, 5.74) is 2.77. The monoisotopic (exact) mass is 259 g/mol. The second kappa shape index (κ2) is 4.72. The van der Waals surface area contributed by atoms with E-state index < -0.39 is 11.4 Å². The van der Waals surface area contributed by atoms with E-state index in [1.807, 2.05) is 0 Å². The largest absolute Gasteiger partial charge is 0.481 e. The molecule has 3 nitrogen and oxygen atoms in total. The van der Waals surface area contributed by atoms with Crippen molar-refractivity contribution in [3.05, 3.63) is 35.5 Å². The first-order valence-corrected chi connectivity index (χ1v) is 6.67. The predicted octanol–water partition coefficient (Wildman–Crippen LogP) is 3.62. The molecule has 0 spiro atoms. The molecule has 2 rings (SSSR count). The molecule has 0 saturated heterocycles. The van der Waals surface area contributed by atoms with Gasteiger partial charge in [0, 0.05) is 24.2 Å². The first-order valence-electron chi connectivity index (χ1n) is 6.67. The Morgan fingerprint density at radius 2 is 2.00 bits per heavy atom. The third-order valence-electron chi connectivity index (χ3n) is 3.66. The molecule has 0 radical (unpaired) electrons. The van der Waals surface area contributed by atoms with Crippen molar-refractivity contribution in [2.24, 2.45) is 5.41 Å². The molecule has 0 fully saturated rings. The van der Waals surface area contributed by atoms with Gasteiger partial charge in [-0.1, -0.05) is 12.1 Å². The van der Waals surface area contributed by atoms with E-state index in [0.717, 1.165) is 12.2 Å². The lowest BCUT2D eigenvalue weighted by molar-refractivity contribution is -0.146. The van der Waals surface area contributed by atoms with Crippen LogP contribution in [-0.4, -0.2) is 15.6 Å².